The molecule has 0 saturated carbocycles. The van der Waals surface area contributed by atoms with Crippen molar-refractivity contribution >= 4 is 29.1 Å². The maximum atomic E-state index is 12.5. The molecule has 2 aromatic carbocycles. The van der Waals surface area contributed by atoms with Crippen molar-refractivity contribution in [2.24, 2.45) is 0 Å². The van der Waals surface area contributed by atoms with Crippen molar-refractivity contribution in [3.8, 4) is 11.5 Å². The van der Waals surface area contributed by atoms with Crippen LogP contribution in [0.2, 0.25) is 10.0 Å². The number of hydrogen-bond donors (Lipinski definition) is 1. The highest BCUT2D eigenvalue weighted by Crippen LogP contribution is 2.30. The normalized spacial score (nSPS) is 14.6. The Labute approximate surface area is 169 Å². The molecule has 5 nitrogen and oxygen atoms in total. The molecule has 1 saturated heterocycles. The summed E-state index contributed by atoms with van der Waals surface area (Å²) in [4.78, 5) is 12.5. The number of carbonyl (C=O) groups is 1. The number of hydrazine groups is 1. The third-order valence-corrected chi connectivity index (χ3v) is 5.03. The fourth-order valence-electron chi connectivity index (χ4n) is 2.94. The zero-order chi connectivity index (χ0) is 19.2. The zero-order valence-corrected chi connectivity index (χ0v) is 16.6. The van der Waals surface area contributed by atoms with Gasteiger partial charge in [-0.15, -0.1) is 0 Å². The fraction of sp³-hybridized carbons (Fsp3) is 0.350. The van der Waals surface area contributed by atoms with Crippen molar-refractivity contribution in [1.82, 2.24) is 10.4 Å². The number of halogens is 2. The van der Waals surface area contributed by atoms with Gasteiger partial charge in [0.05, 0.1) is 7.11 Å². The van der Waals surface area contributed by atoms with E-state index in [-0.39, 0.29) is 12.5 Å². The molecule has 0 bridgehead atoms. The molecule has 1 aliphatic rings. The van der Waals surface area contributed by atoms with Gasteiger partial charge >= 0.3 is 0 Å². The number of amides is 1. The second-order valence-electron chi connectivity index (χ2n) is 6.38. The summed E-state index contributed by atoms with van der Waals surface area (Å²) >= 11 is 12.1. The van der Waals surface area contributed by atoms with Crippen LogP contribution in [0.5, 0.6) is 11.5 Å². The van der Waals surface area contributed by atoms with Crippen molar-refractivity contribution in [1.29, 1.82) is 0 Å². The van der Waals surface area contributed by atoms with Crippen LogP contribution in [-0.2, 0) is 6.61 Å². The topological polar surface area (TPSA) is 50.8 Å². The van der Waals surface area contributed by atoms with Gasteiger partial charge in [0.25, 0.3) is 5.91 Å². The Morgan fingerprint density at radius 3 is 2.56 bits per heavy atom. The molecule has 1 heterocycles. The van der Waals surface area contributed by atoms with Gasteiger partial charge in [0.1, 0.15) is 6.61 Å². The van der Waals surface area contributed by atoms with E-state index in [0.29, 0.717) is 27.1 Å². The molecule has 2 aromatic rings. The highest BCUT2D eigenvalue weighted by atomic mass is 35.5. The third kappa shape index (κ3) is 5.28. The van der Waals surface area contributed by atoms with Crippen molar-refractivity contribution in [2.45, 2.75) is 25.9 Å². The van der Waals surface area contributed by atoms with Gasteiger partial charge in [0, 0.05) is 34.3 Å². The number of rotatable bonds is 6. The molecule has 1 fully saturated rings. The first-order chi connectivity index (χ1) is 13.1. The third-order valence-electron chi connectivity index (χ3n) is 4.44. The summed E-state index contributed by atoms with van der Waals surface area (Å²) in [5, 5.41) is 3.08. The van der Waals surface area contributed by atoms with E-state index in [0.717, 1.165) is 31.5 Å². The van der Waals surface area contributed by atoms with Crippen LogP contribution in [0, 0.1) is 0 Å². The minimum Gasteiger partial charge on any atom is -0.493 e. The largest absolute Gasteiger partial charge is 0.493 e. The van der Waals surface area contributed by atoms with E-state index in [2.05, 4.69) is 5.43 Å². The molecule has 0 aliphatic carbocycles. The molecule has 7 heteroatoms. The lowest BCUT2D eigenvalue weighted by Gasteiger charge is -2.26. The number of ether oxygens (including phenoxy) is 2. The highest BCUT2D eigenvalue weighted by molar-refractivity contribution is 6.35. The summed E-state index contributed by atoms with van der Waals surface area (Å²) in [6.07, 6.45) is 3.41. The van der Waals surface area contributed by atoms with E-state index < -0.39 is 0 Å². The van der Waals surface area contributed by atoms with E-state index >= 15 is 0 Å². The van der Waals surface area contributed by atoms with Crippen molar-refractivity contribution in [3.63, 3.8) is 0 Å². The van der Waals surface area contributed by atoms with Gasteiger partial charge in [-0.3, -0.25) is 10.2 Å². The first kappa shape index (κ1) is 19.8. The SMILES string of the molecule is COc1cc(C(=O)NN2CCCCC2)ccc1OCc1ccc(Cl)cc1Cl. The molecule has 0 spiro atoms. The Bertz CT molecular complexity index is 808. The number of hydrogen-bond acceptors (Lipinski definition) is 4. The second-order valence-corrected chi connectivity index (χ2v) is 7.22. The van der Waals surface area contributed by atoms with Crippen molar-refractivity contribution in [2.75, 3.05) is 20.2 Å². The molecular formula is C20H22Cl2N2O3. The monoisotopic (exact) mass is 408 g/mol. The molecule has 3 rings (SSSR count). The summed E-state index contributed by atoms with van der Waals surface area (Å²) < 4.78 is 11.2. The molecule has 0 radical (unpaired) electrons. The van der Waals surface area contributed by atoms with Crippen molar-refractivity contribution in [3.05, 3.63) is 57.6 Å². The summed E-state index contributed by atoms with van der Waals surface area (Å²) in [6.45, 7) is 2.03. The van der Waals surface area contributed by atoms with Crippen LogP contribution in [0.25, 0.3) is 0 Å². The molecule has 0 aromatic heterocycles. The average Bonchev–Trinajstić information content (AvgIpc) is 2.68. The molecule has 1 N–H and O–H groups in total. The van der Waals surface area contributed by atoms with E-state index in [4.69, 9.17) is 32.7 Å². The molecule has 0 unspecified atom stereocenters. The van der Waals surface area contributed by atoms with E-state index in [1.54, 1.807) is 37.4 Å². The van der Waals surface area contributed by atoms with Gasteiger partial charge in [-0.1, -0.05) is 35.7 Å². The van der Waals surface area contributed by atoms with Crippen LogP contribution in [0.4, 0.5) is 0 Å². The lowest BCUT2D eigenvalue weighted by Crippen LogP contribution is -2.45. The maximum absolute atomic E-state index is 12.5. The molecule has 27 heavy (non-hydrogen) atoms. The zero-order valence-electron chi connectivity index (χ0n) is 15.1. The number of benzene rings is 2. The number of nitrogens with zero attached hydrogens (tertiary/aromatic N) is 1. The summed E-state index contributed by atoms with van der Waals surface area (Å²) in [5.74, 6) is 0.881. The quantitative estimate of drug-likeness (QED) is 0.751. The van der Waals surface area contributed by atoms with E-state index in [1.807, 2.05) is 11.1 Å². The van der Waals surface area contributed by atoms with Crippen LogP contribution in [-0.4, -0.2) is 31.1 Å². The fourth-order valence-corrected chi connectivity index (χ4v) is 3.40. The van der Waals surface area contributed by atoms with E-state index in [1.165, 1.54) is 6.42 Å². The van der Waals surface area contributed by atoms with Gasteiger partial charge in [-0.2, -0.15) is 0 Å². The van der Waals surface area contributed by atoms with Crippen LogP contribution < -0.4 is 14.9 Å². The maximum Gasteiger partial charge on any atom is 0.265 e. The predicted molar refractivity (Wildman–Crippen MR) is 107 cm³/mol. The lowest BCUT2D eigenvalue weighted by atomic mass is 10.1. The molecule has 1 amide bonds. The van der Waals surface area contributed by atoms with Gasteiger partial charge < -0.3 is 9.47 Å². The Hall–Kier alpha value is -1.95. The standard InChI is InChI=1S/C20H22Cl2N2O3/c1-26-19-11-14(20(25)23-24-9-3-2-4-10-24)6-8-18(19)27-13-15-5-7-16(21)12-17(15)22/h5-8,11-12H,2-4,9-10,13H2,1H3,(H,23,25). The minimum absolute atomic E-state index is 0.150. The Balaban J connectivity index is 1.67. The molecule has 1 aliphatic heterocycles. The minimum atomic E-state index is -0.150. The van der Waals surface area contributed by atoms with Gasteiger partial charge in [0.15, 0.2) is 11.5 Å². The molecular weight excluding hydrogens is 387 g/mol. The van der Waals surface area contributed by atoms with Crippen LogP contribution in [0.1, 0.15) is 35.2 Å². The van der Waals surface area contributed by atoms with Crippen LogP contribution >= 0.6 is 23.2 Å². The first-order valence-corrected chi connectivity index (χ1v) is 9.63. The second kappa shape index (κ2) is 9.31. The number of carbonyl (C=O) groups excluding carboxylic acids is 1. The Morgan fingerprint density at radius 2 is 1.85 bits per heavy atom. The number of nitrogens with one attached hydrogen (secondary N) is 1. The summed E-state index contributed by atoms with van der Waals surface area (Å²) in [5.41, 5.74) is 4.28. The number of methoxy groups -OCH3 is 1. The Kier molecular flexibility index (Phi) is 6.83. The molecule has 144 valence electrons. The van der Waals surface area contributed by atoms with Crippen LogP contribution in [0.3, 0.4) is 0 Å². The van der Waals surface area contributed by atoms with Crippen LogP contribution in [0.15, 0.2) is 36.4 Å². The summed E-state index contributed by atoms with van der Waals surface area (Å²) in [6, 6.07) is 10.4. The highest BCUT2D eigenvalue weighted by Gasteiger charge is 2.16. The van der Waals surface area contributed by atoms with E-state index in [9.17, 15) is 4.79 Å². The van der Waals surface area contributed by atoms with Gasteiger partial charge in [-0.05, 0) is 43.2 Å². The number of piperidine rings is 1. The smallest absolute Gasteiger partial charge is 0.265 e. The first-order valence-electron chi connectivity index (χ1n) is 8.87. The lowest BCUT2D eigenvalue weighted by molar-refractivity contribution is 0.0749. The predicted octanol–water partition coefficient (Wildman–Crippen LogP) is 4.71. The molecule has 0 atom stereocenters. The van der Waals surface area contributed by atoms with Gasteiger partial charge in [-0.25, -0.2) is 5.01 Å². The van der Waals surface area contributed by atoms with Crippen molar-refractivity contribution < 1.29 is 14.3 Å². The summed E-state index contributed by atoms with van der Waals surface area (Å²) in [7, 11) is 1.55. The average molecular weight is 409 g/mol. The van der Waals surface area contributed by atoms with Gasteiger partial charge in [0.2, 0.25) is 0 Å². The Morgan fingerprint density at radius 1 is 1.07 bits per heavy atom.